The van der Waals surface area contributed by atoms with Gasteiger partial charge in [-0.15, -0.1) is 0 Å². The van der Waals surface area contributed by atoms with Gasteiger partial charge in [-0.3, -0.25) is 9.79 Å². The van der Waals surface area contributed by atoms with E-state index < -0.39 is 0 Å². The van der Waals surface area contributed by atoms with Crippen molar-refractivity contribution in [2.75, 3.05) is 46.4 Å². The van der Waals surface area contributed by atoms with E-state index in [-0.39, 0.29) is 12.0 Å². The van der Waals surface area contributed by atoms with Crippen LogP contribution in [-0.4, -0.2) is 74.1 Å². The number of amides is 1. The molecule has 1 saturated heterocycles. The number of carbonyl (C=O) groups is 1. The minimum absolute atomic E-state index is 0.0477. The Labute approximate surface area is 143 Å². The van der Waals surface area contributed by atoms with E-state index in [1.54, 1.807) is 19.2 Å². The quantitative estimate of drug-likeness (QED) is 0.483. The van der Waals surface area contributed by atoms with E-state index in [4.69, 9.17) is 9.15 Å². The summed E-state index contributed by atoms with van der Waals surface area (Å²) in [5, 5.41) is 3.36. The summed E-state index contributed by atoms with van der Waals surface area (Å²) in [6.45, 7) is 8.49. The van der Waals surface area contributed by atoms with Gasteiger partial charge >= 0.3 is 0 Å². The Kier molecular flexibility index (Phi) is 7.11. The first-order valence-electron chi connectivity index (χ1n) is 8.51. The van der Waals surface area contributed by atoms with Gasteiger partial charge in [0, 0.05) is 46.4 Å². The van der Waals surface area contributed by atoms with Gasteiger partial charge in [0.1, 0.15) is 0 Å². The van der Waals surface area contributed by atoms with Crippen molar-refractivity contribution < 1.29 is 13.9 Å². The molecule has 0 bridgehead atoms. The van der Waals surface area contributed by atoms with Crippen LogP contribution in [0.5, 0.6) is 0 Å². The highest BCUT2D eigenvalue weighted by Crippen LogP contribution is 2.09. The molecule has 1 fully saturated rings. The second kappa shape index (κ2) is 9.32. The van der Waals surface area contributed by atoms with Crippen LogP contribution in [0.2, 0.25) is 0 Å². The number of hydrogen-bond donors (Lipinski definition) is 1. The molecule has 2 heterocycles. The molecular weight excluding hydrogens is 308 g/mol. The largest absolute Gasteiger partial charge is 0.459 e. The van der Waals surface area contributed by atoms with Crippen LogP contribution in [0.1, 0.15) is 30.8 Å². The van der Waals surface area contributed by atoms with Crippen molar-refractivity contribution in [3.63, 3.8) is 0 Å². The zero-order valence-electron chi connectivity index (χ0n) is 14.8. The highest BCUT2D eigenvalue weighted by Gasteiger charge is 2.24. The van der Waals surface area contributed by atoms with Crippen LogP contribution in [0.25, 0.3) is 0 Å². The highest BCUT2D eigenvalue weighted by molar-refractivity contribution is 5.91. The Morgan fingerprint density at radius 2 is 2.04 bits per heavy atom. The molecular formula is C17H28N4O3. The summed E-state index contributed by atoms with van der Waals surface area (Å²) < 4.78 is 10.7. The lowest BCUT2D eigenvalue weighted by Gasteiger charge is -2.36. The number of carbonyl (C=O) groups excluding carboxylic acids is 1. The van der Waals surface area contributed by atoms with E-state index in [0.717, 1.165) is 38.6 Å². The topological polar surface area (TPSA) is 70.3 Å². The zero-order valence-corrected chi connectivity index (χ0v) is 14.8. The standard InChI is InChI=1S/C17H28N4O3/c1-14(2)23-13-5-7-19-17(18-3)21-10-8-20(9-11-21)16(22)15-6-4-12-24-15/h4,6,12,14H,5,7-11,13H2,1-3H3,(H,18,19). The van der Waals surface area contributed by atoms with Gasteiger partial charge in [-0.1, -0.05) is 0 Å². The fraction of sp³-hybridized carbons (Fsp3) is 0.647. The summed E-state index contributed by atoms with van der Waals surface area (Å²) in [5.74, 6) is 1.23. The molecule has 1 aromatic rings. The third-order valence-corrected chi connectivity index (χ3v) is 3.87. The molecule has 0 aliphatic carbocycles. The number of piperazine rings is 1. The Balaban J connectivity index is 1.72. The van der Waals surface area contributed by atoms with Crippen LogP contribution in [-0.2, 0) is 4.74 Å². The summed E-state index contributed by atoms with van der Waals surface area (Å²) in [6, 6.07) is 3.44. The van der Waals surface area contributed by atoms with Crippen LogP contribution < -0.4 is 5.32 Å². The lowest BCUT2D eigenvalue weighted by Crippen LogP contribution is -2.53. The Bertz CT molecular complexity index is 520. The van der Waals surface area contributed by atoms with Gasteiger partial charge < -0.3 is 24.3 Å². The molecule has 2 rings (SSSR count). The maximum atomic E-state index is 12.3. The van der Waals surface area contributed by atoms with E-state index in [2.05, 4.69) is 15.2 Å². The van der Waals surface area contributed by atoms with Gasteiger partial charge in [-0.25, -0.2) is 0 Å². The zero-order chi connectivity index (χ0) is 17.4. The van der Waals surface area contributed by atoms with E-state index >= 15 is 0 Å². The lowest BCUT2D eigenvalue weighted by molar-refractivity contribution is 0.0656. The van der Waals surface area contributed by atoms with Gasteiger partial charge in [0.25, 0.3) is 5.91 Å². The molecule has 0 aromatic carbocycles. The van der Waals surface area contributed by atoms with Gasteiger partial charge in [0.05, 0.1) is 12.4 Å². The number of furan rings is 1. The molecule has 1 aliphatic heterocycles. The van der Waals surface area contributed by atoms with Crippen LogP contribution >= 0.6 is 0 Å². The monoisotopic (exact) mass is 336 g/mol. The molecule has 0 spiro atoms. The molecule has 1 aromatic heterocycles. The average Bonchev–Trinajstić information content (AvgIpc) is 3.12. The summed E-state index contributed by atoms with van der Waals surface area (Å²) in [5.41, 5.74) is 0. The predicted octanol–water partition coefficient (Wildman–Crippen LogP) is 1.43. The van der Waals surface area contributed by atoms with Crippen LogP contribution in [0.3, 0.4) is 0 Å². The van der Waals surface area contributed by atoms with E-state index in [1.165, 1.54) is 6.26 Å². The summed E-state index contributed by atoms with van der Waals surface area (Å²) in [4.78, 5) is 20.6. The van der Waals surface area contributed by atoms with Gasteiger partial charge in [-0.05, 0) is 32.4 Å². The summed E-state index contributed by atoms with van der Waals surface area (Å²) >= 11 is 0. The van der Waals surface area contributed by atoms with Crippen molar-refractivity contribution in [1.82, 2.24) is 15.1 Å². The number of ether oxygens (including phenoxy) is 1. The molecule has 1 aliphatic rings. The van der Waals surface area contributed by atoms with Crippen molar-refractivity contribution >= 4 is 11.9 Å². The number of hydrogen-bond acceptors (Lipinski definition) is 4. The molecule has 0 radical (unpaired) electrons. The van der Waals surface area contributed by atoms with Gasteiger partial charge in [0.15, 0.2) is 11.7 Å². The average molecular weight is 336 g/mol. The first kappa shape index (κ1) is 18.3. The fourth-order valence-corrected chi connectivity index (χ4v) is 2.60. The van der Waals surface area contributed by atoms with E-state index in [9.17, 15) is 4.79 Å². The van der Waals surface area contributed by atoms with Crippen molar-refractivity contribution in [1.29, 1.82) is 0 Å². The molecule has 7 heteroatoms. The number of aliphatic imine (C=N–C) groups is 1. The predicted molar refractivity (Wildman–Crippen MR) is 93.3 cm³/mol. The third kappa shape index (κ3) is 5.26. The number of nitrogens with one attached hydrogen (secondary N) is 1. The Hall–Kier alpha value is -2.02. The smallest absolute Gasteiger partial charge is 0.289 e. The number of guanidine groups is 1. The van der Waals surface area contributed by atoms with Gasteiger partial charge in [0.2, 0.25) is 0 Å². The van der Waals surface area contributed by atoms with Crippen LogP contribution in [0, 0.1) is 0 Å². The van der Waals surface area contributed by atoms with Crippen LogP contribution in [0.15, 0.2) is 27.8 Å². The minimum atomic E-state index is -0.0477. The maximum Gasteiger partial charge on any atom is 0.289 e. The maximum absolute atomic E-state index is 12.3. The van der Waals surface area contributed by atoms with Crippen molar-refractivity contribution in [2.24, 2.45) is 4.99 Å². The molecule has 24 heavy (non-hydrogen) atoms. The van der Waals surface area contributed by atoms with Gasteiger partial charge in [-0.2, -0.15) is 0 Å². The normalized spacial score (nSPS) is 15.9. The first-order chi connectivity index (χ1) is 11.6. The lowest BCUT2D eigenvalue weighted by atomic mass is 10.3. The van der Waals surface area contributed by atoms with Crippen molar-refractivity contribution in [3.05, 3.63) is 24.2 Å². The Morgan fingerprint density at radius 3 is 2.62 bits per heavy atom. The molecule has 7 nitrogen and oxygen atoms in total. The molecule has 0 unspecified atom stereocenters. The second-order valence-electron chi connectivity index (χ2n) is 6.00. The van der Waals surface area contributed by atoms with Crippen molar-refractivity contribution in [3.8, 4) is 0 Å². The molecule has 0 saturated carbocycles. The number of rotatable bonds is 6. The highest BCUT2D eigenvalue weighted by atomic mass is 16.5. The summed E-state index contributed by atoms with van der Waals surface area (Å²) in [7, 11) is 1.79. The molecule has 1 N–H and O–H groups in total. The first-order valence-corrected chi connectivity index (χ1v) is 8.51. The second-order valence-corrected chi connectivity index (χ2v) is 6.00. The van der Waals surface area contributed by atoms with E-state index in [0.29, 0.717) is 18.8 Å². The number of nitrogens with zero attached hydrogens (tertiary/aromatic N) is 3. The third-order valence-electron chi connectivity index (χ3n) is 3.87. The van der Waals surface area contributed by atoms with Crippen molar-refractivity contribution in [2.45, 2.75) is 26.4 Å². The van der Waals surface area contributed by atoms with E-state index in [1.807, 2.05) is 18.7 Å². The summed E-state index contributed by atoms with van der Waals surface area (Å²) in [6.07, 6.45) is 2.73. The molecule has 0 atom stereocenters. The fourth-order valence-electron chi connectivity index (χ4n) is 2.60. The SMILES string of the molecule is CN=C(NCCCOC(C)C)N1CCN(C(=O)c2ccco2)CC1. The minimum Gasteiger partial charge on any atom is -0.459 e. The van der Waals surface area contributed by atoms with Crippen LogP contribution in [0.4, 0.5) is 0 Å². The molecule has 134 valence electrons. The Morgan fingerprint density at radius 1 is 1.33 bits per heavy atom. The molecule has 1 amide bonds.